The van der Waals surface area contributed by atoms with Gasteiger partial charge in [0.25, 0.3) is 17.6 Å². The van der Waals surface area contributed by atoms with Gasteiger partial charge < -0.3 is 19.8 Å². The lowest BCUT2D eigenvalue weighted by Gasteiger charge is -2.22. The molecule has 2 aromatic rings. The van der Waals surface area contributed by atoms with Gasteiger partial charge >= 0.3 is 5.97 Å². The number of ether oxygens (including phenoxy) is 1. The van der Waals surface area contributed by atoms with Gasteiger partial charge in [0.15, 0.2) is 11.9 Å². The van der Waals surface area contributed by atoms with E-state index in [0.717, 1.165) is 0 Å². The van der Waals surface area contributed by atoms with Gasteiger partial charge in [-0.2, -0.15) is 8.78 Å². The quantitative estimate of drug-likeness (QED) is 0.453. The average molecular weight is 440 g/mol. The molecular formula is C20H22F2N2O5S. The highest BCUT2D eigenvalue weighted by molar-refractivity contribution is 7.99. The van der Waals surface area contributed by atoms with Gasteiger partial charge in [0.1, 0.15) is 6.04 Å². The fraction of sp³-hybridized carbons (Fsp3) is 0.350. The molecule has 1 heterocycles. The molecule has 2 N–H and O–H groups in total. The van der Waals surface area contributed by atoms with Crippen LogP contribution in [0.4, 0.5) is 14.5 Å². The molecule has 0 unspecified atom stereocenters. The zero-order valence-corrected chi connectivity index (χ0v) is 17.4. The van der Waals surface area contributed by atoms with Gasteiger partial charge in [0.2, 0.25) is 0 Å². The van der Waals surface area contributed by atoms with Crippen molar-refractivity contribution in [3.8, 4) is 0 Å². The number of carbonyl (C=O) groups excluding carboxylic acids is 3. The largest absolute Gasteiger partial charge is 0.459 e. The number of anilines is 1. The van der Waals surface area contributed by atoms with Crippen LogP contribution in [0.25, 0.3) is 0 Å². The summed E-state index contributed by atoms with van der Waals surface area (Å²) in [4.78, 5) is 37.3. The number of carbonyl (C=O) groups is 3. The molecule has 30 heavy (non-hydrogen) atoms. The first-order valence-corrected chi connectivity index (χ1v) is 9.96. The molecule has 0 aliphatic heterocycles. The lowest BCUT2D eigenvalue weighted by atomic mass is 10.0. The monoisotopic (exact) mass is 440 g/mol. The highest BCUT2D eigenvalue weighted by Crippen LogP contribution is 2.26. The van der Waals surface area contributed by atoms with Crippen molar-refractivity contribution in [2.45, 2.75) is 43.6 Å². The van der Waals surface area contributed by atoms with Crippen LogP contribution in [0.15, 0.2) is 52.0 Å². The van der Waals surface area contributed by atoms with E-state index >= 15 is 0 Å². The van der Waals surface area contributed by atoms with Gasteiger partial charge in [-0.3, -0.25) is 9.59 Å². The molecule has 0 radical (unpaired) electrons. The zero-order chi connectivity index (χ0) is 22.3. The number of furan rings is 1. The van der Waals surface area contributed by atoms with E-state index in [4.69, 9.17) is 9.15 Å². The van der Waals surface area contributed by atoms with Gasteiger partial charge in [-0.15, -0.1) is 0 Å². The molecule has 7 nitrogen and oxygen atoms in total. The van der Waals surface area contributed by atoms with Crippen molar-refractivity contribution in [2.24, 2.45) is 5.92 Å². The minimum atomic E-state index is -2.54. The predicted octanol–water partition coefficient (Wildman–Crippen LogP) is 3.92. The van der Waals surface area contributed by atoms with Gasteiger partial charge in [0, 0.05) is 10.6 Å². The Morgan fingerprint density at radius 3 is 2.27 bits per heavy atom. The van der Waals surface area contributed by atoms with Gasteiger partial charge in [0.05, 0.1) is 6.26 Å². The molecule has 0 spiro atoms. The van der Waals surface area contributed by atoms with Crippen LogP contribution in [-0.4, -0.2) is 35.7 Å². The summed E-state index contributed by atoms with van der Waals surface area (Å²) < 4.78 is 34.9. The molecule has 1 aromatic heterocycles. The Morgan fingerprint density at radius 1 is 1.07 bits per heavy atom. The standard InChI is InChI=1S/C20H22F2N2O5S/c1-11(2)16(24-18(26)15-5-4-10-28-15)19(27)29-12(3)17(25)23-13-6-8-14(9-7-13)30-20(21)22/h4-12,16,20H,1-3H3,(H,23,25)(H,24,26)/t12-,16-/m0/s1. The third kappa shape index (κ3) is 6.87. The third-order valence-electron chi connectivity index (χ3n) is 3.96. The Bertz CT molecular complexity index is 857. The number of esters is 1. The van der Waals surface area contributed by atoms with Crippen LogP contribution in [0, 0.1) is 5.92 Å². The number of hydrogen-bond acceptors (Lipinski definition) is 6. The second-order valence-electron chi connectivity index (χ2n) is 6.64. The number of thioether (sulfide) groups is 1. The predicted molar refractivity (Wildman–Crippen MR) is 107 cm³/mol. The molecule has 2 amide bonds. The van der Waals surface area contributed by atoms with Crippen LogP contribution in [0.5, 0.6) is 0 Å². The van der Waals surface area contributed by atoms with E-state index < -0.39 is 35.7 Å². The van der Waals surface area contributed by atoms with Crippen LogP contribution < -0.4 is 10.6 Å². The lowest BCUT2D eigenvalue weighted by molar-refractivity contribution is -0.156. The molecule has 0 fully saturated rings. The fourth-order valence-corrected chi connectivity index (χ4v) is 2.88. The van der Waals surface area contributed by atoms with E-state index in [1.165, 1.54) is 43.5 Å². The first-order chi connectivity index (χ1) is 14.2. The molecule has 0 aliphatic carbocycles. The summed E-state index contributed by atoms with van der Waals surface area (Å²) in [6.07, 6.45) is 0.192. The number of amides is 2. The van der Waals surface area contributed by atoms with Crippen molar-refractivity contribution in [2.75, 3.05) is 5.32 Å². The first kappa shape index (κ1) is 23.4. The lowest BCUT2D eigenvalue weighted by Crippen LogP contribution is -2.47. The molecule has 0 saturated heterocycles. The SMILES string of the molecule is CC(C)[C@H](NC(=O)c1ccco1)C(=O)O[C@@H](C)C(=O)Nc1ccc(SC(F)F)cc1. The first-order valence-electron chi connectivity index (χ1n) is 9.08. The van der Waals surface area contributed by atoms with Crippen molar-refractivity contribution in [1.82, 2.24) is 5.32 Å². The van der Waals surface area contributed by atoms with Gasteiger partial charge in [-0.05, 0) is 49.2 Å². The number of benzene rings is 1. The van der Waals surface area contributed by atoms with E-state index in [2.05, 4.69) is 10.6 Å². The summed E-state index contributed by atoms with van der Waals surface area (Å²) in [5, 5.41) is 5.08. The van der Waals surface area contributed by atoms with Crippen LogP contribution in [0.1, 0.15) is 31.3 Å². The van der Waals surface area contributed by atoms with E-state index in [9.17, 15) is 23.2 Å². The number of hydrogen-bond donors (Lipinski definition) is 2. The zero-order valence-electron chi connectivity index (χ0n) is 16.6. The van der Waals surface area contributed by atoms with Crippen molar-refractivity contribution in [3.63, 3.8) is 0 Å². The Hall–Kier alpha value is -2.88. The van der Waals surface area contributed by atoms with E-state index in [1.54, 1.807) is 19.9 Å². The Morgan fingerprint density at radius 2 is 1.73 bits per heavy atom. The van der Waals surface area contributed by atoms with Crippen LogP contribution in [-0.2, 0) is 14.3 Å². The van der Waals surface area contributed by atoms with Gasteiger partial charge in [-0.1, -0.05) is 25.6 Å². The number of nitrogens with one attached hydrogen (secondary N) is 2. The van der Waals surface area contributed by atoms with Crippen LogP contribution in [0.2, 0.25) is 0 Å². The van der Waals surface area contributed by atoms with Crippen molar-refractivity contribution < 1.29 is 32.3 Å². The Kier molecular flexibility index (Phi) is 8.40. The molecule has 0 bridgehead atoms. The molecule has 2 atom stereocenters. The fourth-order valence-electron chi connectivity index (χ4n) is 2.38. The minimum Gasteiger partial charge on any atom is -0.459 e. The maximum atomic E-state index is 12.5. The number of halogens is 2. The Labute approximate surface area is 176 Å². The maximum absolute atomic E-state index is 12.5. The summed E-state index contributed by atoms with van der Waals surface area (Å²) in [5.74, 6) is -4.73. The van der Waals surface area contributed by atoms with Crippen LogP contribution in [0.3, 0.4) is 0 Å². The smallest absolute Gasteiger partial charge is 0.329 e. The molecule has 2 rings (SSSR count). The van der Waals surface area contributed by atoms with Crippen molar-refractivity contribution in [3.05, 3.63) is 48.4 Å². The summed E-state index contributed by atoms with van der Waals surface area (Å²) >= 11 is 0.394. The highest BCUT2D eigenvalue weighted by atomic mass is 32.2. The summed E-state index contributed by atoms with van der Waals surface area (Å²) in [6, 6.07) is 7.85. The molecule has 0 aliphatic rings. The average Bonchev–Trinajstić information content (AvgIpc) is 3.21. The summed E-state index contributed by atoms with van der Waals surface area (Å²) in [6.45, 7) is 4.83. The number of alkyl halides is 2. The van der Waals surface area contributed by atoms with Crippen molar-refractivity contribution in [1.29, 1.82) is 0 Å². The maximum Gasteiger partial charge on any atom is 0.329 e. The van der Waals surface area contributed by atoms with Gasteiger partial charge in [-0.25, -0.2) is 4.79 Å². The third-order valence-corrected chi connectivity index (χ3v) is 4.68. The van der Waals surface area contributed by atoms with E-state index in [1.807, 2.05) is 0 Å². The summed E-state index contributed by atoms with van der Waals surface area (Å²) in [7, 11) is 0. The number of rotatable bonds is 9. The normalized spacial score (nSPS) is 13.0. The molecule has 162 valence electrons. The molecular weight excluding hydrogens is 418 g/mol. The van der Waals surface area contributed by atoms with Crippen molar-refractivity contribution >= 4 is 35.2 Å². The molecule has 10 heteroatoms. The second-order valence-corrected chi connectivity index (χ2v) is 7.71. The highest BCUT2D eigenvalue weighted by Gasteiger charge is 2.29. The Balaban J connectivity index is 1.93. The summed E-state index contributed by atoms with van der Waals surface area (Å²) in [5.41, 5.74) is 0.369. The molecule has 1 aromatic carbocycles. The molecule has 0 saturated carbocycles. The second kappa shape index (κ2) is 10.8. The van der Waals surface area contributed by atoms with E-state index in [0.29, 0.717) is 22.3 Å². The van der Waals surface area contributed by atoms with Crippen LogP contribution >= 0.6 is 11.8 Å². The van der Waals surface area contributed by atoms with E-state index in [-0.39, 0.29) is 11.7 Å². The minimum absolute atomic E-state index is 0.0488. The topological polar surface area (TPSA) is 97.6 Å².